The van der Waals surface area contributed by atoms with Crippen LogP contribution >= 0.6 is 15.9 Å². The topological polar surface area (TPSA) is 19.4 Å². The van der Waals surface area contributed by atoms with Crippen LogP contribution in [0.1, 0.15) is 19.3 Å². The third-order valence-electron chi connectivity index (χ3n) is 4.38. The van der Waals surface area contributed by atoms with Crippen LogP contribution in [0.2, 0.25) is 0 Å². The van der Waals surface area contributed by atoms with Gasteiger partial charge in [0.05, 0.1) is 0 Å². The number of aromatic nitrogens is 1. The number of anilines is 1. The van der Waals surface area contributed by atoms with Crippen LogP contribution in [0.25, 0.3) is 0 Å². The fourth-order valence-electron chi connectivity index (χ4n) is 3.42. The standard InChI is InChI=1S/C14H20BrN3/c1-17-7-2-3-11-10-18(8-6-13(11)17)14-5-4-12(15)9-16-14/h4-5,9,11,13H,2-3,6-8,10H2,1H3/t11-,13+/m1/s1. The molecule has 3 heterocycles. The molecule has 2 aliphatic rings. The van der Waals surface area contributed by atoms with Gasteiger partial charge in [0.2, 0.25) is 0 Å². The van der Waals surface area contributed by atoms with Crippen molar-refractivity contribution >= 4 is 21.7 Å². The fraction of sp³-hybridized carbons (Fsp3) is 0.643. The summed E-state index contributed by atoms with van der Waals surface area (Å²) in [4.78, 5) is 9.53. The van der Waals surface area contributed by atoms with Gasteiger partial charge in [-0.05, 0) is 66.8 Å². The van der Waals surface area contributed by atoms with Crippen molar-refractivity contribution in [1.29, 1.82) is 0 Å². The van der Waals surface area contributed by atoms with Gasteiger partial charge in [-0.2, -0.15) is 0 Å². The van der Waals surface area contributed by atoms with Gasteiger partial charge in [0, 0.05) is 29.8 Å². The molecule has 0 aliphatic carbocycles. The second-order valence-electron chi connectivity index (χ2n) is 5.52. The van der Waals surface area contributed by atoms with Gasteiger partial charge in [0.25, 0.3) is 0 Å². The van der Waals surface area contributed by atoms with E-state index < -0.39 is 0 Å². The van der Waals surface area contributed by atoms with Crippen molar-refractivity contribution in [3.63, 3.8) is 0 Å². The Hall–Kier alpha value is -0.610. The maximum absolute atomic E-state index is 4.52. The Morgan fingerprint density at radius 1 is 1.28 bits per heavy atom. The molecule has 98 valence electrons. The van der Waals surface area contributed by atoms with Crippen LogP contribution < -0.4 is 4.90 Å². The molecule has 3 nitrogen and oxygen atoms in total. The summed E-state index contributed by atoms with van der Waals surface area (Å²) < 4.78 is 1.05. The third kappa shape index (κ3) is 2.41. The highest BCUT2D eigenvalue weighted by atomic mass is 79.9. The molecule has 0 aromatic carbocycles. The minimum Gasteiger partial charge on any atom is -0.356 e. The lowest BCUT2D eigenvalue weighted by molar-refractivity contribution is 0.102. The number of likely N-dealkylation sites (tertiary alicyclic amines) is 1. The smallest absolute Gasteiger partial charge is 0.128 e. The van der Waals surface area contributed by atoms with Crippen molar-refractivity contribution in [2.75, 3.05) is 31.6 Å². The highest BCUT2D eigenvalue weighted by molar-refractivity contribution is 9.10. The van der Waals surface area contributed by atoms with Crippen molar-refractivity contribution in [3.8, 4) is 0 Å². The Morgan fingerprint density at radius 3 is 2.94 bits per heavy atom. The van der Waals surface area contributed by atoms with E-state index in [1.807, 2.05) is 6.20 Å². The summed E-state index contributed by atoms with van der Waals surface area (Å²) in [6, 6.07) is 5.00. The van der Waals surface area contributed by atoms with E-state index in [0.29, 0.717) is 0 Å². The first-order valence-corrected chi connectivity index (χ1v) is 7.60. The summed E-state index contributed by atoms with van der Waals surface area (Å²) in [6.45, 7) is 3.58. The van der Waals surface area contributed by atoms with Crippen LogP contribution in [0, 0.1) is 5.92 Å². The zero-order valence-corrected chi connectivity index (χ0v) is 12.4. The van der Waals surface area contributed by atoms with Gasteiger partial charge in [0.1, 0.15) is 5.82 Å². The Morgan fingerprint density at radius 2 is 2.17 bits per heavy atom. The van der Waals surface area contributed by atoms with E-state index in [1.165, 1.54) is 32.4 Å². The normalized spacial score (nSPS) is 29.1. The molecule has 0 saturated carbocycles. The van der Waals surface area contributed by atoms with Crippen LogP contribution in [0.5, 0.6) is 0 Å². The van der Waals surface area contributed by atoms with E-state index in [1.54, 1.807) is 0 Å². The second-order valence-corrected chi connectivity index (χ2v) is 6.44. The van der Waals surface area contributed by atoms with Crippen molar-refractivity contribution in [1.82, 2.24) is 9.88 Å². The number of hydrogen-bond acceptors (Lipinski definition) is 3. The molecule has 0 radical (unpaired) electrons. The molecule has 2 aliphatic heterocycles. The van der Waals surface area contributed by atoms with Gasteiger partial charge < -0.3 is 9.80 Å². The quantitative estimate of drug-likeness (QED) is 0.795. The monoisotopic (exact) mass is 309 g/mol. The number of halogens is 1. The Bertz CT molecular complexity index is 406. The first-order valence-electron chi connectivity index (χ1n) is 6.81. The van der Waals surface area contributed by atoms with Crippen LogP contribution in [0.4, 0.5) is 5.82 Å². The predicted octanol–water partition coefficient (Wildman–Crippen LogP) is 2.76. The Labute approximate surface area is 117 Å². The van der Waals surface area contributed by atoms with E-state index in [0.717, 1.165) is 28.8 Å². The van der Waals surface area contributed by atoms with Gasteiger partial charge in [-0.15, -0.1) is 0 Å². The molecule has 0 N–H and O–H groups in total. The molecule has 2 atom stereocenters. The first-order chi connectivity index (χ1) is 8.74. The average molecular weight is 310 g/mol. The maximum atomic E-state index is 4.52. The lowest BCUT2D eigenvalue weighted by Crippen LogP contribution is -2.52. The van der Waals surface area contributed by atoms with E-state index in [2.05, 4.69) is 49.9 Å². The fourth-order valence-corrected chi connectivity index (χ4v) is 3.65. The summed E-state index contributed by atoms with van der Waals surface area (Å²) in [5.74, 6) is 1.95. The molecule has 4 heteroatoms. The largest absolute Gasteiger partial charge is 0.356 e. The first kappa shape index (κ1) is 12.4. The summed E-state index contributed by atoms with van der Waals surface area (Å²) >= 11 is 3.45. The van der Waals surface area contributed by atoms with Gasteiger partial charge in [0.15, 0.2) is 0 Å². The molecular weight excluding hydrogens is 290 g/mol. The predicted molar refractivity (Wildman–Crippen MR) is 77.9 cm³/mol. The highest BCUT2D eigenvalue weighted by Crippen LogP contribution is 2.31. The lowest BCUT2D eigenvalue weighted by Gasteiger charge is -2.46. The molecule has 3 rings (SSSR count). The zero-order valence-electron chi connectivity index (χ0n) is 10.8. The van der Waals surface area contributed by atoms with Crippen LogP contribution in [0.3, 0.4) is 0 Å². The highest BCUT2D eigenvalue weighted by Gasteiger charge is 2.34. The van der Waals surface area contributed by atoms with Gasteiger partial charge >= 0.3 is 0 Å². The SMILES string of the molecule is CN1CCC[C@@H]2CN(c3ccc(Br)cn3)CC[C@@H]21. The summed E-state index contributed by atoms with van der Waals surface area (Å²) in [6.07, 6.45) is 5.90. The van der Waals surface area contributed by atoms with Gasteiger partial charge in [-0.1, -0.05) is 0 Å². The second kappa shape index (κ2) is 5.17. The van der Waals surface area contributed by atoms with Crippen molar-refractivity contribution < 1.29 is 0 Å². The molecule has 0 unspecified atom stereocenters. The number of rotatable bonds is 1. The van der Waals surface area contributed by atoms with E-state index in [-0.39, 0.29) is 0 Å². The summed E-state index contributed by atoms with van der Waals surface area (Å²) in [7, 11) is 2.28. The van der Waals surface area contributed by atoms with Crippen LogP contribution in [0.15, 0.2) is 22.8 Å². The number of piperidine rings is 2. The van der Waals surface area contributed by atoms with E-state index in [4.69, 9.17) is 0 Å². The molecule has 2 saturated heterocycles. The van der Waals surface area contributed by atoms with Gasteiger partial charge in [-0.25, -0.2) is 4.98 Å². The van der Waals surface area contributed by atoms with Crippen molar-refractivity contribution in [2.24, 2.45) is 5.92 Å². The van der Waals surface area contributed by atoms with E-state index in [9.17, 15) is 0 Å². The number of hydrogen-bond donors (Lipinski definition) is 0. The molecular formula is C14H20BrN3. The summed E-state index contributed by atoms with van der Waals surface area (Å²) in [5, 5.41) is 0. The molecule has 18 heavy (non-hydrogen) atoms. The minimum absolute atomic E-state index is 0.797. The van der Waals surface area contributed by atoms with Crippen LogP contribution in [-0.2, 0) is 0 Å². The summed E-state index contributed by atoms with van der Waals surface area (Å²) in [5.41, 5.74) is 0. The molecule has 0 bridgehead atoms. The molecule has 1 aromatic heterocycles. The van der Waals surface area contributed by atoms with Crippen molar-refractivity contribution in [2.45, 2.75) is 25.3 Å². The number of nitrogens with zero attached hydrogens (tertiary/aromatic N) is 3. The number of fused-ring (bicyclic) bond motifs is 1. The average Bonchev–Trinajstić information content (AvgIpc) is 2.39. The maximum Gasteiger partial charge on any atom is 0.128 e. The molecule has 0 amide bonds. The Kier molecular flexibility index (Phi) is 3.57. The molecule has 2 fully saturated rings. The zero-order chi connectivity index (χ0) is 12.5. The lowest BCUT2D eigenvalue weighted by atomic mass is 9.84. The number of pyridine rings is 1. The van der Waals surface area contributed by atoms with Gasteiger partial charge in [-0.3, -0.25) is 0 Å². The van der Waals surface area contributed by atoms with Crippen molar-refractivity contribution in [3.05, 3.63) is 22.8 Å². The molecule has 1 aromatic rings. The molecule has 0 spiro atoms. The third-order valence-corrected chi connectivity index (χ3v) is 4.85. The van der Waals surface area contributed by atoms with Crippen LogP contribution in [-0.4, -0.2) is 42.6 Å². The minimum atomic E-state index is 0.797. The Balaban J connectivity index is 1.72. The van der Waals surface area contributed by atoms with E-state index >= 15 is 0 Å².